The van der Waals surface area contributed by atoms with Crippen LogP contribution >= 0.6 is 11.3 Å². The van der Waals surface area contributed by atoms with E-state index in [9.17, 15) is 0 Å². The lowest BCUT2D eigenvalue weighted by atomic mass is 9.95. The van der Waals surface area contributed by atoms with Crippen molar-refractivity contribution in [2.24, 2.45) is 0 Å². The van der Waals surface area contributed by atoms with Crippen LogP contribution in [0.2, 0.25) is 0 Å². The first-order chi connectivity index (χ1) is 29.7. The van der Waals surface area contributed by atoms with Crippen LogP contribution in [0.25, 0.3) is 86.6 Å². The Morgan fingerprint density at radius 3 is 1.48 bits per heavy atom. The van der Waals surface area contributed by atoms with Crippen molar-refractivity contribution in [2.45, 2.75) is 0 Å². The molecule has 0 spiro atoms. The maximum Gasteiger partial charge on any atom is 0.0540 e. The lowest BCUT2D eigenvalue weighted by Gasteiger charge is -2.28. The summed E-state index contributed by atoms with van der Waals surface area (Å²) in [7, 11) is 0. The number of hydrogen-bond acceptors (Lipinski definition) is 2. The van der Waals surface area contributed by atoms with Gasteiger partial charge in [-0.25, -0.2) is 0 Å². The SMILES string of the molecule is c1ccc(-c2ccc(-c3ccc(N(c4ccc(-c5cccc(-c6cccc7ccccc67)c5)cc4)c4ccccc4-c4ccc5c(c4)sc4ccccc45)cc3)cc2)cc1. The minimum Gasteiger partial charge on any atom is -0.310 e. The van der Waals surface area contributed by atoms with Crippen LogP contribution in [0.5, 0.6) is 0 Å². The van der Waals surface area contributed by atoms with E-state index >= 15 is 0 Å². The van der Waals surface area contributed by atoms with Crippen LogP contribution in [0.15, 0.2) is 237 Å². The number of benzene rings is 10. The highest BCUT2D eigenvalue weighted by Crippen LogP contribution is 2.44. The molecule has 0 aliphatic rings. The predicted octanol–water partition coefficient (Wildman–Crippen LogP) is 17.0. The first kappa shape index (κ1) is 35.6. The zero-order chi connectivity index (χ0) is 39.8. The Kier molecular flexibility index (Phi) is 9.11. The zero-order valence-corrected chi connectivity index (χ0v) is 33.7. The average molecular weight is 782 g/mol. The summed E-state index contributed by atoms with van der Waals surface area (Å²) < 4.78 is 2.62. The molecular weight excluding hydrogens is 743 g/mol. The topological polar surface area (TPSA) is 3.24 Å². The van der Waals surface area contributed by atoms with Crippen LogP contribution in [0.1, 0.15) is 0 Å². The quantitative estimate of drug-likeness (QED) is 0.148. The highest BCUT2D eigenvalue weighted by Gasteiger charge is 2.19. The minimum absolute atomic E-state index is 1.10. The molecule has 0 atom stereocenters. The molecule has 0 N–H and O–H groups in total. The number of hydrogen-bond donors (Lipinski definition) is 0. The summed E-state index contributed by atoms with van der Waals surface area (Å²) in [4.78, 5) is 2.41. The fraction of sp³-hybridized carbons (Fsp3) is 0. The van der Waals surface area contributed by atoms with Gasteiger partial charge in [-0.15, -0.1) is 11.3 Å². The summed E-state index contributed by atoms with van der Waals surface area (Å²) in [5.41, 5.74) is 15.4. The summed E-state index contributed by atoms with van der Waals surface area (Å²) in [6.45, 7) is 0. The molecule has 0 fully saturated rings. The van der Waals surface area contributed by atoms with Gasteiger partial charge in [0.05, 0.1) is 5.69 Å². The van der Waals surface area contributed by atoms with Crippen molar-refractivity contribution in [3.05, 3.63) is 237 Å². The van der Waals surface area contributed by atoms with Gasteiger partial charge in [0.1, 0.15) is 0 Å². The van der Waals surface area contributed by atoms with E-state index in [2.05, 4.69) is 241 Å². The van der Waals surface area contributed by atoms with Gasteiger partial charge in [0.15, 0.2) is 0 Å². The summed E-state index contributed by atoms with van der Waals surface area (Å²) in [5, 5.41) is 5.14. The molecule has 10 aromatic carbocycles. The van der Waals surface area contributed by atoms with Gasteiger partial charge in [-0.05, 0) is 109 Å². The van der Waals surface area contributed by atoms with Crippen LogP contribution in [0.4, 0.5) is 17.1 Å². The van der Waals surface area contributed by atoms with Gasteiger partial charge in [-0.1, -0.05) is 188 Å². The molecule has 0 radical (unpaired) electrons. The number of para-hydroxylation sites is 1. The smallest absolute Gasteiger partial charge is 0.0540 e. The monoisotopic (exact) mass is 781 g/mol. The highest BCUT2D eigenvalue weighted by atomic mass is 32.1. The fourth-order valence-electron chi connectivity index (χ4n) is 8.67. The van der Waals surface area contributed by atoms with Gasteiger partial charge in [0.2, 0.25) is 0 Å². The average Bonchev–Trinajstić information content (AvgIpc) is 3.70. The van der Waals surface area contributed by atoms with Crippen molar-refractivity contribution in [1.29, 1.82) is 0 Å². The van der Waals surface area contributed by atoms with Crippen LogP contribution in [-0.4, -0.2) is 0 Å². The lowest BCUT2D eigenvalue weighted by Crippen LogP contribution is -2.11. The second kappa shape index (κ2) is 15.3. The van der Waals surface area contributed by atoms with Crippen molar-refractivity contribution < 1.29 is 0 Å². The first-order valence-electron chi connectivity index (χ1n) is 20.5. The van der Waals surface area contributed by atoms with Crippen molar-refractivity contribution in [1.82, 2.24) is 0 Å². The van der Waals surface area contributed by atoms with E-state index in [0.717, 1.165) is 17.1 Å². The van der Waals surface area contributed by atoms with E-state index in [1.807, 2.05) is 11.3 Å². The molecule has 0 aliphatic carbocycles. The van der Waals surface area contributed by atoms with Gasteiger partial charge >= 0.3 is 0 Å². The van der Waals surface area contributed by atoms with Gasteiger partial charge in [0.25, 0.3) is 0 Å². The molecule has 1 aromatic heterocycles. The van der Waals surface area contributed by atoms with Gasteiger partial charge in [-0.3, -0.25) is 0 Å². The molecule has 0 unspecified atom stereocenters. The second-order valence-electron chi connectivity index (χ2n) is 15.3. The van der Waals surface area contributed by atoms with E-state index in [4.69, 9.17) is 0 Å². The summed E-state index contributed by atoms with van der Waals surface area (Å²) in [6.07, 6.45) is 0. The molecule has 282 valence electrons. The second-order valence-corrected chi connectivity index (χ2v) is 16.4. The third-order valence-corrected chi connectivity index (χ3v) is 12.8. The maximum absolute atomic E-state index is 2.41. The van der Waals surface area contributed by atoms with Crippen molar-refractivity contribution in [2.75, 3.05) is 4.90 Å². The molecule has 1 heterocycles. The predicted molar refractivity (Wildman–Crippen MR) is 259 cm³/mol. The number of rotatable bonds is 8. The van der Waals surface area contributed by atoms with Crippen LogP contribution < -0.4 is 4.90 Å². The molecule has 0 bridgehead atoms. The van der Waals surface area contributed by atoms with E-state index < -0.39 is 0 Å². The number of fused-ring (bicyclic) bond motifs is 4. The van der Waals surface area contributed by atoms with E-state index in [0.29, 0.717) is 0 Å². The molecule has 0 saturated carbocycles. The van der Waals surface area contributed by atoms with E-state index in [1.54, 1.807) is 0 Å². The third kappa shape index (κ3) is 6.63. The van der Waals surface area contributed by atoms with Crippen molar-refractivity contribution >= 4 is 59.3 Å². The molecular formula is C58H39NS. The van der Waals surface area contributed by atoms with Crippen LogP contribution in [0, 0.1) is 0 Å². The Bertz CT molecular complexity index is 3280. The highest BCUT2D eigenvalue weighted by molar-refractivity contribution is 7.25. The molecule has 11 rings (SSSR count). The summed E-state index contributed by atoms with van der Waals surface area (Å²) >= 11 is 1.86. The first-order valence-corrected chi connectivity index (χ1v) is 21.3. The molecule has 60 heavy (non-hydrogen) atoms. The van der Waals surface area contributed by atoms with E-state index in [-0.39, 0.29) is 0 Å². The minimum atomic E-state index is 1.10. The van der Waals surface area contributed by atoms with Gasteiger partial charge in [-0.2, -0.15) is 0 Å². The van der Waals surface area contributed by atoms with Crippen LogP contribution in [-0.2, 0) is 0 Å². The summed E-state index contributed by atoms with van der Waals surface area (Å²) in [6, 6.07) is 86.1. The number of nitrogens with zero attached hydrogens (tertiary/aromatic N) is 1. The Morgan fingerprint density at radius 1 is 0.267 bits per heavy atom. The third-order valence-electron chi connectivity index (χ3n) is 11.7. The Morgan fingerprint density at radius 2 is 0.733 bits per heavy atom. The number of anilines is 3. The van der Waals surface area contributed by atoms with Crippen LogP contribution in [0.3, 0.4) is 0 Å². The molecule has 0 saturated heterocycles. The molecule has 1 nitrogen and oxygen atoms in total. The molecule has 0 aliphatic heterocycles. The van der Waals surface area contributed by atoms with E-state index in [1.165, 1.54) is 86.6 Å². The largest absolute Gasteiger partial charge is 0.310 e. The standard InChI is InChI=1S/C58H39NS/c1-2-12-40(13-3-1)41-24-26-42(27-25-41)43-28-33-49(34-29-43)59(56-22-8-6-19-53(56)48-32-37-55-54-20-7-9-23-57(54)60-58(55)39-48)50-35-30-44(31-36-50)46-16-10-17-47(38-46)52-21-11-15-45-14-4-5-18-51(45)52/h1-39H. The number of thiophene rings is 1. The van der Waals surface area contributed by atoms with Crippen molar-refractivity contribution in [3.63, 3.8) is 0 Å². The normalized spacial score (nSPS) is 11.3. The fourth-order valence-corrected chi connectivity index (χ4v) is 9.81. The molecule has 11 aromatic rings. The maximum atomic E-state index is 2.41. The van der Waals surface area contributed by atoms with Gasteiger partial charge in [0, 0.05) is 37.1 Å². The Balaban J connectivity index is 0.987. The summed E-state index contributed by atoms with van der Waals surface area (Å²) in [5.74, 6) is 0. The zero-order valence-electron chi connectivity index (χ0n) is 32.9. The lowest BCUT2D eigenvalue weighted by molar-refractivity contribution is 1.28. The van der Waals surface area contributed by atoms with Gasteiger partial charge < -0.3 is 4.90 Å². The Hall–Kier alpha value is -7.52. The molecule has 2 heteroatoms. The molecule has 0 amide bonds. The van der Waals surface area contributed by atoms with Crippen molar-refractivity contribution in [3.8, 4) is 55.6 Å². The Labute approximate surface area is 354 Å².